The molecule has 0 aromatic heterocycles. The molecule has 1 saturated carbocycles. The van der Waals surface area contributed by atoms with Crippen molar-refractivity contribution in [2.24, 2.45) is 5.92 Å². The maximum atomic E-state index is 6.01. The largest absolute Gasteiger partial charge is 0.493 e. The van der Waals surface area contributed by atoms with Gasteiger partial charge in [-0.2, -0.15) is 0 Å². The molecule has 106 valence electrons. The van der Waals surface area contributed by atoms with E-state index in [1.54, 1.807) is 14.2 Å². The standard InChI is InChI=1S/C15H22ClNO2/c1-17(10-12-6-13(16)7-12)9-11-4-5-14(18-2)15(8-11)19-3/h4-5,8,12-13H,6-7,9-10H2,1-3H3. The van der Waals surface area contributed by atoms with Crippen LogP contribution in [0, 0.1) is 5.92 Å². The molecule has 2 rings (SSSR count). The molecule has 0 unspecified atom stereocenters. The summed E-state index contributed by atoms with van der Waals surface area (Å²) in [6.45, 7) is 2.03. The van der Waals surface area contributed by atoms with Gasteiger partial charge in [-0.3, -0.25) is 0 Å². The van der Waals surface area contributed by atoms with Crippen LogP contribution < -0.4 is 9.47 Å². The summed E-state index contributed by atoms with van der Waals surface area (Å²) < 4.78 is 10.6. The van der Waals surface area contributed by atoms with Crippen LogP contribution in [0.15, 0.2) is 18.2 Å². The molecule has 0 amide bonds. The molecule has 0 N–H and O–H groups in total. The van der Waals surface area contributed by atoms with Gasteiger partial charge < -0.3 is 14.4 Å². The third-order valence-corrected chi connectivity index (χ3v) is 4.00. The Balaban J connectivity index is 1.91. The number of nitrogens with zero attached hydrogens (tertiary/aromatic N) is 1. The summed E-state index contributed by atoms with van der Waals surface area (Å²) in [5.41, 5.74) is 1.24. The van der Waals surface area contributed by atoms with Crippen LogP contribution in [0.25, 0.3) is 0 Å². The van der Waals surface area contributed by atoms with E-state index in [0.717, 1.165) is 43.3 Å². The summed E-state index contributed by atoms with van der Waals surface area (Å²) in [6, 6.07) is 6.09. The minimum Gasteiger partial charge on any atom is -0.493 e. The van der Waals surface area contributed by atoms with E-state index in [4.69, 9.17) is 21.1 Å². The van der Waals surface area contributed by atoms with E-state index in [2.05, 4.69) is 18.0 Å². The predicted molar refractivity (Wildman–Crippen MR) is 78.2 cm³/mol. The second-order valence-corrected chi connectivity index (χ2v) is 5.94. The number of hydrogen-bond acceptors (Lipinski definition) is 3. The van der Waals surface area contributed by atoms with Gasteiger partial charge in [0, 0.05) is 18.5 Å². The van der Waals surface area contributed by atoms with Crippen LogP contribution >= 0.6 is 11.6 Å². The zero-order valence-corrected chi connectivity index (χ0v) is 12.6. The summed E-state index contributed by atoms with van der Waals surface area (Å²) in [5, 5.41) is 0.402. The van der Waals surface area contributed by atoms with Gasteiger partial charge in [-0.1, -0.05) is 6.07 Å². The lowest BCUT2D eigenvalue weighted by Gasteiger charge is -2.34. The zero-order valence-electron chi connectivity index (χ0n) is 11.9. The number of hydrogen-bond donors (Lipinski definition) is 0. The minimum atomic E-state index is 0.402. The number of rotatable bonds is 6. The number of alkyl halides is 1. The van der Waals surface area contributed by atoms with E-state index in [1.807, 2.05) is 12.1 Å². The molecule has 0 bridgehead atoms. The Bertz CT molecular complexity index is 419. The minimum absolute atomic E-state index is 0.402. The molecule has 3 nitrogen and oxygen atoms in total. The average Bonchev–Trinajstić information content (AvgIpc) is 2.36. The number of methoxy groups -OCH3 is 2. The van der Waals surface area contributed by atoms with Crippen LogP contribution in [0.4, 0.5) is 0 Å². The van der Waals surface area contributed by atoms with E-state index in [-0.39, 0.29) is 0 Å². The molecule has 1 aromatic carbocycles. The van der Waals surface area contributed by atoms with Gasteiger partial charge in [-0.15, -0.1) is 11.6 Å². The van der Waals surface area contributed by atoms with Gasteiger partial charge in [-0.05, 0) is 43.5 Å². The van der Waals surface area contributed by atoms with Crippen molar-refractivity contribution in [1.82, 2.24) is 4.90 Å². The van der Waals surface area contributed by atoms with Crippen LogP contribution in [0.1, 0.15) is 18.4 Å². The van der Waals surface area contributed by atoms with Gasteiger partial charge in [-0.25, -0.2) is 0 Å². The fraction of sp³-hybridized carbons (Fsp3) is 0.600. The van der Waals surface area contributed by atoms with Crippen LogP contribution in [0.2, 0.25) is 0 Å². The van der Waals surface area contributed by atoms with Crippen molar-refractivity contribution in [1.29, 1.82) is 0 Å². The Kier molecular flexibility index (Phi) is 4.94. The van der Waals surface area contributed by atoms with Crippen molar-refractivity contribution in [3.8, 4) is 11.5 Å². The quantitative estimate of drug-likeness (QED) is 0.749. The summed E-state index contributed by atoms with van der Waals surface area (Å²) in [7, 11) is 5.47. The second kappa shape index (κ2) is 6.49. The van der Waals surface area contributed by atoms with E-state index < -0.39 is 0 Å². The molecule has 0 heterocycles. The maximum absolute atomic E-state index is 6.01. The first-order chi connectivity index (χ1) is 9.12. The van der Waals surface area contributed by atoms with E-state index in [1.165, 1.54) is 5.56 Å². The SMILES string of the molecule is COc1ccc(CN(C)CC2CC(Cl)C2)cc1OC. The zero-order chi connectivity index (χ0) is 13.8. The first-order valence-electron chi connectivity index (χ1n) is 6.66. The number of benzene rings is 1. The molecule has 19 heavy (non-hydrogen) atoms. The van der Waals surface area contributed by atoms with Gasteiger partial charge >= 0.3 is 0 Å². The molecule has 0 saturated heterocycles. The molecule has 0 atom stereocenters. The molecule has 1 aromatic rings. The highest BCUT2D eigenvalue weighted by Crippen LogP contribution is 2.33. The van der Waals surface area contributed by atoms with Gasteiger partial charge in [0.15, 0.2) is 11.5 Å². The van der Waals surface area contributed by atoms with Crippen molar-refractivity contribution in [3.05, 3.63) is 23.8 Å². The van der Waals surface area contributed by atoms with Crippen molar-refractivity contribution in [2.75, 3.05) is 27.8 Å². The fourth-order valence-electron chi connectivity index (χ4n) is 2.60. The van der Waals surface area contributed by atoms with E-state index in [0.29, 0.717) is 5.38 Å². The monoisotopic (exact) mass is 283 g/mol. The molecule has 0 spiro atoms. The Morgan fingerprint density at radius 1 is 1.21 bits per heavy atom. The molecule has 1 aliphatic carbocycles. The lowest BCUT2D eigenvalue weighted by atomic mass is 9.84. The van der Waals surface area contributed by atoms with Crippen molar-refractivity contribution >= 4 is 11.6 Å². The second-order valence-electron chi connectivity index (χ2n) is 5.32. The van der Waals surface area contributed by atoms with Gasteiger partial charge in [0.25, 0.3) is 0 Å². The lowest BCUT2D eigenvalue weighted by Crippen LogP contribution is -2.34. The summed E-state index contributed by atoms with van der Waals surface area (Å²) in [6.07, 6.45) is 2.30. The maximum Gasteiger partial charge on any atom is 0.161 e. The highest BCUT2D eigenvalue weighted by molar-refractivity contribution is 6.21. The van der Waals surface area contributed by atoms with Crippen LogP contribution in [0.5, 0.6) is 11.5 Å². The molecule has 1 aliphatic rings. The fourth-order valence-corrected chi connectivity index (χ4v) is 3.10. The molecule has 1 fully saturated rings. The molecule has 0 radical (unpaired) electrons. The molecule has 4 heteroatoms. The normalized spacial score (nSPS) is 22.2. The Morgan fingerprint density at radius 2 is 1.89 bits per heavy atom. The van der Waals surface area contributed by atoms with Gasteiger partial charge in [0.05, 0.1) is 14.2 Å². The average molecular weight is 284 g/mol. The van der Waals surface area contributed by atoms with E-state index >= 15 is 0 Å². The van der Waals surface area contributed by atoms with Crippen LogP contribution in [-0.2, 0) is 6.54 Å². The smallest absolute Gasteiger partial charge is 0.161 e. The van der Waals surface area contributed by atoms with Crippen LogP contribution in [-0.4, -0.2) is 38.1 Å². The predicted octanol–water partition coefficient (Wildman–Crippen LogP) is 3.15. The van der Waals surface area contributed by atoms with E-state index in [9.17, 15) is 0 Å². The Labute approximate surface area is 120 Å². The number of ether oxygens (including phenoxy) is 2. The first kappa shape index (κ1) is 14.5. The molecular formula is C15H22ClNO2. The summed E-state index contributed by atoms with van der Waals surface area (Å²) in [4.78, 5) is 2.34. The number of halogens is 1. The van der Waals surface area contributed by atoms with Gasteiger partial charge in [0.2, 0.25) is 0 Å². The Morgan fingerprint density at radius 3 is 2.47 bits per heavy atom. The summed E-state index contributed by atoms with van der Waals surface area (Å²) in [5.74, 6) is 2.32. The lowest BCUT2D eigenvalue weighted by molar-refractivity contribution is 0.204. The molecule has 0 aliphatic heterocycles. The topological polar surface area (TPSA) is 21.7 Å². The van der Waals surface area contributed by atoms with Crippen LogP contribution in [0.3, 0.4) is 0 Å². The highest BCUT2D eigenvalue weighted by Gasteiger charge is 2.27. The first-order valence-corrected chi connectivity index (χ1v) is 7.09. The Hall–Kier alpha value is -0.930. The van der Waals surface area contributed by atoms with Crippen molar-refractivity contribution in [2.45, 2.75) is 24.8 Å². The third kappa shape index (κ3) is 3.77. The third-order valence-electron chi connectivity index (χ3n) is 3.65. The van der Waals surface area contributed by atoms with Crippen molar-refractivity contribution in [3.63, 3.8) is 0 Å². The van der Waals surface area contributed by atoms with Crippen molar-refractivity contribution < 1.29 is 9.47 Å². The highest BCUT2D eigenvalue weighted by atomic mass is 35.5. The molecular weight excluding hydrogens is 262 g/mol. The summed E-state index contributed by atoms with van der Waals surface area (Å²) >= 11 is 6.01. The van der Waals surface area contributed by atoms with Gasteiger partial charge in [0.1, 0.15) is 0 Å².